The molecule has 3 rings (SSSR count). The van der Waals surface area contributed by atoms with E-state index in [4.69, 9.17) is 0 Å². The summed E-state index contributed by atoms with van der Waals surface area (Å²) in [4.78, 5) is 29.8. The van der Waals surface area contributed by atoms with Gasteiger partial charge in [0.2, 0.25) is 5.91 Å². The minimum atomic E-state index is -5.05. The van der Waals surface area contributed by atoms with Crippen LogP contribution in [0.4, 0.5) is 31.1 Å². The molecule has 0 saturated carbocycles. The number of aliphatic hydroxyl groups excluding tert-OH is 1. The first kappa shape index (κ1) is 32.2. The summed E-state index contributed by atoms with van der Waals surface area (Å²) < 4.78 is 81.2. The van der Waals surface area contributed by atoms with Gasteiger partial charge in [-0.1, -0.05) is 44.2 Å². The third-order valence-corrected chi connectivity index (χ3v) is 7.78. The fourth-order valence-corrected chi connectivity index (χ4v) is 5.08. The quantitative estimate of drug-likeness (QED) is 0.411. The maximum atomic E-state index is 13.9. The summed E-state index contributed by atoms with van der Waals surface area (Å²) in [5.74, 6) is -1.13. The summed E-state index contributed by atoms with van der Waals surface area (Å²) >= 11 is 0. The molecule has 0 radical (unpaired) electrons. The number of nitrogens with one attached hydrogen (secondary N) is 1. The van der Waals surface area contributed by atoms with Crippen LogP contribution in [-0.2, 0) is 22.6 Å². The van der Waals surface area contributed by atoms with Gasteiger partial charge in [0, 0.05) is 26.1 Å². The molecule has 12 heteroatoms. The molecule has 1 aliphatic heterocycles. The van der Waals surface area contributed by atoms with E-state index in [1.165, 1.54) is 30.7 Å². The Morgan fingerprint density at radius 1 is 0.951 bits per heavy atom. The highest BCUT2D eigenvalue weighted by Gasteiger charge is 2.45. The maximum absolute atomic E-state index is 13.9. The van der Waals surface area contributed by atoms with Crippen LogP contribution >= 0.6 is 0 Å². The van der Waals surface area contributed by atoms with Crippen LogP contribution < -0.4 is 5.32 Å². The van der Waals surface area contributed by atoms with Gasteiger partial charge in [-0.05, 0) is 49.1 Å². The summed E-state index contributed by atoms with van der Waals surface area (Å²) in [5, 5.41) is 12.4. The van der Waals surface area contributed by atoms with Crippen molar-refractivity contribution < 1.29 is 41.0 Å². The van der Waals surface area contributed by atoms with Crippen molar-refractivity contribution in [2.45, 2.75) is 63.5 Å². The average Bonchev–Trinajstić information content (AvgIpc) is 3.35. The summed E-state index contributed by atoms with van der Waals surface area (Å²) in [6.07, 6.45) is -10.1. The average molecular weight is 588 g/mol. The molecule has 0 aromatic heterocycles. The molecule has 41 heavy (non-hydrogen) atoms. The maximum Gasteiger partial charge on any atom is 0.416 e. The Balaban J connectivity index is 1.98. The van der Waals surface area contributed by atoms with Crippen LogP contribution in [0.3, 0.4) is 0 Å². The topological polar surface area (TPSA) is 72.9 Å². The highest BCUT2D eigenvalue weighted by atomic mass is 19.4. The molecule has 1 heterocycles. The Morgan fingerprint density at radius 2 is 1.46 bits per heavy atom. The van der Waals surface area contributed by atoms with Crippen LogP contribution in [0.25, 0.3) is 0 Å². The normalized spacial score (nSPS) is 18.9. The Hall–Kier alpha value is -3.28. The lowest BCUT2D eigenvalue weighted by Crippen LogP contribution is -2.50. The standard InChI is InChI=1S/C29H35F6N3O3/c1-17(2)23(16-39)36-26(41)38-14-22(18-9-7-6-8-10-18)24(15-38)37(5)25(40)27(3,4)19-11-20(28(30,31)32)13-21(12-19)29(33,34)35/h6-13,17,22-24,39H,14-16H2,1-5H3,(H,36,41)/t22?,23?,24-/m1/s1. The molecular weight excluding hydrogens is 552 g/mol. The predicted molar refractivity (Wildman–Crippen MR) is 141 cm³/mol. The fraction of sp³-hybridized carbons (Fsp3) is 0.517. The van der Waals surface area contributed by atoms with Gasteiger partial charge in [0.1, 0.15) is 0 Å². The highest BCUT2D eigenvalue weighted by molar-refractivity contribution is 5.88. The minimum Gasteiger partial charge on any atom is -0.394 e. The van der Waals surface area contributed by atoms with Crippen molar-refractivity contribution in [2.24, 2.45) is 5.92 Å². The largest absolute Gasteiger partial charge is 0.416 e. The van der Waals surface area contributed by atoms with E-state index < -0.39 is 58.5 Å². The summed E-state index contributed by atoms with van der Waals surface area (Å²) in [6.45, 7) is 6.25. The minimum absolute atomic E-state index is 0.0312. The number of aliphatic hydroxyl groups is 1. The zero-order valence-electron chi connectivity index (χ0n) is 23.5. The second-order valence-electron chi connectivity index (χ2n) is 11.3. The van der Waals surface area contributed by atoms with E-state index in [0.717, 1.165) is 5.56 Å². The van der Waals surface area contributed by atoms with E-state index in [-0.39, 0.29) is 37.6 Å². The van der Waals surface area contributed by atoms with Crippen molar-refractivity contribution >= 4 is 11.9 Å². The molecule has 2 aromatic rings. The number of carbonyl (C=O) groups is 2. The van der Waals surface area contributed by atoms with E-state index in [9.17, 15) is 41.0 Å². The van der Waals surface area contributed by atoms with Gasteiger partial charge in [-0.3, -0.25) is 4.79 Å². The molecule has 1 aliphatic rings. The summed E-state index contributed by atoms with van der Waals surface area (Å²) in [5.41, 5.74) is -4.39. The van der Waals surface area contributed by atoms with Gasteiger partial charge in [-0.25, -0.2) is 4.79 Å². The van der Waals surface area contributed by atoms with E-state index in [0.29, 0.717) is 12.1 Å². The first-order valence-corrected chi connectivity index (χ1v) is 13.2. The van der Waals surface area contributed by atoms with E-state index in [1.807, 2.05) is 26.0 Å². The molecule has 2 N–H and O–H groups in total. The number of benzene rings is 2. The van der Waals surface area contributed by atoms with Gasteiger partial charge in [0.05, 0.1) is 35.2 Å². The van der Waals surface area contributed by atoms with Crippen LogP contribution in [0.15, 0.2) is 48.5 Å². The molecule has 0 bridgehead atoms. The molecule has 1 saturated heterocycles. The van der Waals surface area contributed by atoms with E-state index in [1.54, 1.807) is 18.2 Å². The summed E-state index contributed by atoms with van der Waals surface area (Å²) in [6, 6.07) is 8.65. The van der Waals surface area contributed by atoms with Crippen molar-refractivity contribution in [3.05, 3.63) is 70.8 Å². The Bertz CT molecular complexity index is 1200. The molecule has 1 fully saturated rings. The zero-order chi connectivity index (χ0) is 30.9. The number of alkyl halides is 6. The lowest BCUT2D eigenvalue weighted by molar-refractivity contribution is -0.144. The van der Waals surface area contributed by atoms with Gasteiger partial charge in [0.25, 0.3) is 0 Å². The molecule has 0 spiro atoms. The zero-order valence-corrected chi connectivity index (χ0v) is 23.5. The highest BCUT2D eigenvalue weighted by Crippen LogP contribution is 2.40. The van der Waals surface area contributed by atoms with Crippen LogP contribution in [0, 0.1) is 5.92 Å². The predicted octanol–water partition coefficient (Wildman–Crippen LogP) is 5.65. The number of rotatable bonds is 7. The Labute approximate surface area is 235 Å². The van der Waals surface area contributed by atoms with Crippen LogP contribution in [0.1, 0.15) is 55.9 Å². The smallest absolute Gasteiger partial charge is 0.394 e. The van der Waals surface area contributed by atoms with Crippen LogP contribution in [0.5, 0.6) is 0 Å². The number of likely N-dealkylation sites (tertiary alicyclic amines) is 1. The van der Waals surface area contributed by atoms with Gasteiger partial charge in [-0.15, -0.1) is 0 Å². The number of carbonyl (C=O) groups excluding carboxylic acids is 2. The third kappa shape index (κ3) is 7.14. The van der Waals surface area contributed by atoms with Gasteiger partial charge < -0.3 is 20.2 Å². The lowest BCUT2D eigenvalue weighted by Gasteiger charge is -2.36. The second kappa shape index (κ2) is 11.9. The number of amides is 3. The number of nitrogens with zero attached hydrogens (tertiary/aromatic N) is 2. The molecule has 2 aromatic carbocycles. The number of hydrogen-bond acceptors (Lipinski definition) is 3. The van der Waals surface area contributed by atoms with Crippen LogP contribution in [-0.4, -0.2) is 65.7 Å². The monoisotopic (exact) mass is 587 g/mol. The van der Waals surface area contributed by atoms with Crippen LogP contribution in [0.2, 0.25) is 0 Å². The fourth-order valence-electron chi connectivity index (χ4n) is 5.08. The van der Waals surface area contributed by atoms with Crippen molar-refractivity contribution in [1.29, 1.82) is 0 Å². The van der Waals surface area contributed by atoms with Gasteiger partial charge >= 0.3 is 18.4 Å². The summed E-state index contributed by atoms with van der Waals surface area (Å²) in [7, 11) is 1.44. The van der Waals surface area contributed by atoms with E-state index >= 15 is 0 Å². The van der Waals surface area contributed by atoms with Gasteiger partial charge in [-0.2, -0.15) is 26.3 Å². The SMILES string of the molecule is CC(C)C(CO)NC(=O)N1CC(c2ccccc2)[C@H](N(C)C(=O)C(C)(C)c2cc(C(F)(F)F)cc(C(F)(F)F)c2)C1. The molecule has 3 amide bonds. The van der Waals surface area contributed by atoms with Gasteiger partial charge in [0.15, 0.2) is 0 Å². The number of urea groups is 1. The molecule has 0 aliphatic carbocycles. The van der Waals surface area contributed by atoms with E-state index in [2.05, 4.69) is 5.32 Å². The van der Waals surface area contributed by atoms with Crippen molar-refractivity contribution in [3.63, 3.8) is 0 Å². The first-order chi connectivity index (χ1) is 18.9. The molecule has 6 nitrogen and oxygen atoms in total. The number of halogens is 6. The number of hydrogen-bond donors (Lipinski definition) is 2. The van der Waals surface area contributed by atoms with Crippen molar-refractivity contribution in [2.75, 3.05) is 26.7 Å². The number of likely N-dealkylation sites (N-methyl/N-ethyl adjacent to an activating group) is 1. The molecule has 226 valence electrons. The van der Waals surface area contributed by atoms with Crippen molar-refractivity contribution in [3.8, 4) is 0 Å². The lowest BCUT2D eigenvalue weighted by atomic mass is 9.80. The van der Waals surface area contributed by atoms with Crippen molar-refractivity contribution in [1.82, 2.24) is 15.1 Å². The molecule has 2 unspecified atom stereocenters. The Morgan fingerprint density at radius 3 is 1.93 bits per heavy atom. The Kier molecular flexibility index (Phi) is 9.36. The second-order valence-corrected chi connectivity index (χ2v) is 11.3. The molecule has 3 atom stereocenters. The third-order valence-electron chi connectivity index (χ3n) is 7.78. The molecular formula is C29H35F6N3O3. The first-order valence-electron chi connectivity index (χ1n) is 13.2.